The fraction of sp³-hybridized carbons (Fsp3) is 0.429. The van der Waals surface area contributed by atoms with Crippen LogP contribution in [0.5, 0.6) is 0 Å². The summed E-state index contributed by atoms with van der Waals surface area (Å²) in [6.07, 6.45) is 1.21. The Labute approximate surface area is 130 Å². The molecule has 7 heteroatoms. The molecule has 21 heavy (non-hydrogen) atoms. The number of hydrogen-bond acceptors (Lipinski definition) is 3. The second kappa shape index (κ2) is 6.01. The average molecular weight is 358 g/mol. The summed E-state index contributed by atoms with van der Waals surface area (Å²) in [5.41, 5.74) is 5.61. The molecular weight excluding hydrogens is 341 g/mol. The van der Waals surface area contributed by atoms with Crippen LogP contribution in [0.4, 0.5) is 4.39 Å². The Morgan fingerprint density at radius 2 is 2.10 bits per heavy atom. The number of rotatable bonds is 2. The molecule has 1 amide bonds. The van der Waals surface area contributed by atoms with Crippen molar-refractivity contribution in [2.75, 3.05) is 13.1 Å². The topological polar surface area (TPSA) is 78.9 Å². The molecule has 0 aromatic heterocycles. The molecule has 114 valence electrons. The largest absolute Gasteiger partial charge is 0.409 e. The van der Waals surface area contributed by atoms with Gasteiger partial charge in [-0.1, -0.05) is 12.1 Å². The number of piperidine rings is 1. The first-order valence-electron chi connectivity index (χ1n) is 6.60. The molecule has 5 nitrogen and oxygen atoms in total. The Balaban J connectivity index is 2.08. The van der Waals surface area contributed by atoms with Gasteiger partial charge in [0.2, 0.25) is 0 Å². The maximum atomic E-state index is 13.5. The molecule has 1 saturated heterocycles. The highest BCUT2D eigenvalue weighted by Crippen LogP contribution is 2.31. The molecular formula is C14H17BrFN3O2. The number of benzene rings is 1. The maximum Gasteiger partial charge on any atom is 0.253 e. The van der Waals surface area contributed by atoms with E-state index in [0.717, 1.165) is 0 Å². The molecule has 1 fully saturated rings. The minimum atomic E-state index is -0.459. The molecule has 0 saturated carbocycles. The number of hydrogen-bond donors (Lipinski definition) is 2. The van der Waals surface area contributed by atoms with Gasteiger partial charge in [-0.2, -0.15) is 0 Å². The van der Waals surface area contributed by atoms with E-state index in [1.165, 1.54) is 12.1 Å². The van der Waals surface area contributed by atoms with Crippen molar-refractivity contribution < 1.29 is 14.4 Å². The third-order valence-electron chi connectivity index (χ3n) is 4.05. The number of nitrogens with two attached hydrogens (primary N) is 1. The van der Waals surface area contributed by atoms with Gasteiger partial charge in [0.05, 0.1) is 4.47 Å². The lowest BCUT2D eigenvalue weighted by Gasteiger charge is -2.38. The number of nitrogens with zero attached hydrogens (tertiary/aromatic N) is 2. The number of likely N-dealkylation sites (tertiary alicyclic amines) is 1. The van der Waals surface area contributed by atoms with Crippen molar-refractivity contribution in [1.82, 2.24) is 4.90 Å². The van der Waals surface area contributed by atoms with E-state index in [1.54, 1.807) is 11.0 Å². The standard InChI is InChI=1S/C14H17BrFN3O2/c1-14(13(17)18-21)4-6-19(7-5-14)12(20)9-2-3-10(15)11(16)8-9/h2-3,8,21H,4-7H2,1H3,(H2,17,18). The van der Waals surface area contributed by atoms with Crippen LogP contribution < -0.4 is 5.73 Å². The van der Waals surface area contributed by atoms with E-state index in [2.05, 4.69) is 21.1 Å². The molecule has 0 radical (unpaired) electrons. The van der Waals surface area contributed by atoms with Crippen LogP contribution in [0.3, 0.4) is 0 Å². The van der Waals surface area contributed by atoms with E-state index in [0.29, 0.717) is 36.0 Å². The lowest BCUT2D eigenvalue weighted by Crippen LogP contribution is -2.47. The van der Waals surface area contributed by atoms with Crippen molar-refractivity contribution in [2.45, 2.75) is 19.8 Å². The van der Waals surface area contributed by atoms with Gasteiger partial charge in [-0.05, 0) is 47.0 Å². The zero-order valence-corrected chi connectivity index (χ0v) is 13.2. The quantitative estimate of drug-likeness (QED) is 0.369. The van der Waals surface area contributed by atoms with Crippen LogP contribution in [0.1, 0.15) is 30.1 Å². The molecule has 1 aliphatic heterocycles. The van der Waals surface area contributed by atoms with Gasteiger partial charge in [0.25, 0.3) is 5.91 Å². The van der Waals surface area contributed by atoms with E-state index in [9.17, 15) is 9.18 Å². The molecule has 1 heterocycles. The fourth-order valence-corrected chi connectivity index (χ4v) is 2.64. The van der Waals surface area contributed by atoms with Gasteiger partial charge in [-0.25, -0.2) is 4.39 Å². The monoisotopic (exact) mass is 357 g/mol. The van der Waals surface area contributed by atoms with Crippen molar-refractivity contribution >= 4 is 27.7 Å². The zero-order valence-electron chi connectivity index (χ0n) is 11.6. The smallest absolute Gasteiger partial charge is 0.253 e. The molecule has 1 aliphatic rings. The summed E-state index contributed by atoms with van der Waals surface area (Å²) in [7, 11) is 0. The van der Waals surface area contributed by atoms with E-state index >= 15 is 0 Å². The van der Waals surface area contributed by atoms with E-state index in [1.807, 2.05) is 6.92 Å². The molecule has 0 bridgehead atoms. The Hall–Kier alpha value is -1.63. The van der Waals surface area contributed by atoms with E-state index < -0.39 is 11.2 Å². The zero-order chi connectivity index (χ0) is 15.6. The van der Waals surface area contributed by atoms with Gasteiger partial charge in [-0.3, -0.25) is 4.79 Å². The van der Waals surface area contributed by atoms with Gasteiger partial charge in [0.15, 0.2) is 0 Å². The lowest BCUT2D eigenvalue weighted by molar-refractivity contribution is 0.0666. The van der Waals surface area contributed by atoms with Crippen LogP contribution >= 0.6 is 15.9 Å². The summed E-state index contributed by atoms with van der Waals surface area (Å²) >= 11 is 3.06. The fourth-order valence-electron chi connectivity index (χ4n) is 2.39. The minimum absolute atomic E-state index is 0.185. The van der Waals surface area contributed by atoms with Gasteiger partial charge >= 0.3 is 0 Å². The van der Waals surface area contributed by atoms with Crippen molar-refractivity contribution in [2.24, 2.45) is 16.3 Å². The molecule has 1 aromatic carbocycles. The van der Waals surface area contributed by atoms with Crippen LogP contribution in [0, 0.1) is 11.2 Å². The van der Waals surface area contributed by atoms with Gasteiger partial charge in [-0.15, -0.1) is 0 Å². The summed E-state index contributed by atoms with van der Waals surface area (Å²) < 4.78 is 13.8. The SMILES string of the molecule is CC1(/C(N)=N/O)CCN(C(=O)c2ccc(Br)c(F)c2)CC1. The van der Waals surface area contributed by atoms with Crippen LogP contribution in [-0.4, -0.2) is 34.9 Å². The predicted octanol–water partition coefficient (Wildman–Crippen LogP) is 2.58. The summed E-state index contributed by atoms with van der Waals surface area (Å²) in [5, 5.41) is 11.9. The van der Waals surface area contributed by atoms with Crippen LogP contribution in [0.15, 0.2) is 27.8 Å². The first-order valence-corrected chi connectivity index (χ1v) is 7.39. The third-order valence-corrected chi connectivity index (χ3v) is 4.69. The summed E-state index contributed by atoms with van der Waals surface area (Å²) in [6, 6.07) is 4.34. The number of carbonyl (C=O) groups excluding carboxylic acids is 1. The average Bonchev–Trinajstić information content (AvgIpc) is 2.49. The van der Waals surface area contributed by atoms with Gasteiger partial charge in [0, 0.05) is 24.1 Å². The predicted molar refractivity (Wildman–Crippen MR) is 80.8 cm³/mol. The number of amidine groups is 1. The Morgan fingerprint density at radius 1 is 1.48 bits per heavy atom. The molecule has 0 aliphatic carbocycles. The number of carbonyl (C=O) groups is 1. The number of halogens is 2. The van der Waals surface area contributed by atoms with Crippen molar-refractivity contribution in [3.05, 3.63) is 34.1 Å². The molecule has 1 aromatic rings. The first kappa shape index (κ1) is 15.8. The normalized spacial score (nSPS) is 18.6. The van der Waals surface area contributed by atoms with Crippen LogP contribution in [0.2, 0.25) is 0 Å². The second-order valence-corrected chi connectivity index (χ2v) is 6.32. The first-order chi connectivity index (χ1) is 9.87. The van der Waals surface area contributed by atoms with Crippen LogP contribution in [0.25, 0.3) is 0 Å². The summed E-state index contributed by atoms with van der Waals surface area (Å²) in [6.45, 7) is 2.88. The molecule has 2 rings (SSSR count). The van der Waals surface area contributed by atoms with Crippen molar-refractivity contribution in [3.63, 3.8) is 0 Å². The second-order valence-electron chi connectivity index (χ2n) is 5.47. The van der Waals surface area contributed by atoms with E-state index in [4.69, 9.17) is 10.9 Å². The molecule has 0 unspecified atom stereocenters. The Bertz CT molecular complexity index is 584. The highest BCUT2D eigenvalue weighted by atomic mass is 79.9. The minimum Gasteiger partial charge on any atom is -0.409 e. The highest BCUT2D eigenvalue weighted by Gasteiger charge is 2.35. The lowest BCUT2D eigenvalue weighted by atomic mass is 9.79. The van der Waals surface area contributed by atoms with Crippen molar-refractivity contribution in [3.8, 4) is 0 Å². The maximum absolute atomic E-state index is 13.5. The third kappa shape index (κ3) is 3.18. The Kier molecular flexibility index (Phi) is 4.51. The Morgan fingerprint density at radius 3 is 2.62 bits per heavy atom. The van der Waals surface area contributed by atoms with Gasteiger partial charge in [0.1, 0.15) is 11.7 Å². The van der Waals surface area contributed by atoms with Crippen molar-refractivity contribution in [1.29, 1.82) is 0 Å². The van der Waals surface area contributed by atoms with E-state index in [-0.39, 0.29) is 11.7 Å². The van der Waals surface area contributed by atoms with Gasteiger partial charge < -0.3 is 15.8 Å². The number of amides is 1. The van der Waals surface area contributed by atoms with Crippen LogP contribution in [-0.2, 0) is 0 Å². The molecule has 0 spiro atoms. The molecule has 0 atom stereocenters. The number of oxime groups is 1. The molecule has 3 N–H and O–H groups in total. The highest BCUT2D eigenvalue weighted by molar-refractivity contribution is 9.10. The summed E-state index contributed by atoms with van der Waals surface area (Å²) in [5.74, 6) is -0.480. The summed E-state index contributed by atoms with van der Waals surface area (Å²) in [4.78, 5) is 14.0.